The van der Waals surface area contributed by atoms with E-state index in [0.717, 1.165) is 32.1 Å². The van der Waals surface area contributed by atoms with Gasteiger partial charge in [-0.3, -0.25) is 9.59 Å². The second kappa shape index (κ2) is 8.44. The number of aliphatic carboxylic acids is 1. The lowest BCUT2D eigenvalue weighted by molar-refractivity contribution is -0.141. The number of hydrogen-bond donors (Lipinski definition) is 6. The monoisotopic (exact) mass is 358 g/mol. The van der Waals surface area contributed by atoms with Crippen LogP contribution >= 0.6 is 0 Å². The third-order valence-electron chi connectivity index (χ3n) is 5.60. The van der Waals surface area contributed by atoms with Gasteiger partial charge in [0.15, 0.2) is 0 Å². The Hall–Kier alpha value is -1.22. The maximum Gasteiger partial charge on any atom is 0.303 e. The van der Waals surface area contributed by atoms with Gasteiger partial charge in [-0.05, 0) is 25.2 Å². The first kappa shape index (κ1) is 20.1. The molecule has 2 rings (SSSR count). The molecule has 25 heavy (non-hydrogen) atoms. The average Bonchev–Trinajstić information content (AvgIpc) is 2.55. The highest BCUT2D eigenvalue weighted by Gasteiger charge is 2.41. The molecular formula is C17H30N2O6. The number of carboxylic acids is 1. The molecule has 1 saturated carbocycles. The Morgan fingerprint density at radius 1 is 1.04 bits per heavy atom. The molecule has 6 N–H and O–H groups in total. The van der Waals surface area contributed by atoms with E-state index in [2.05, 4.69) is 10.6 Å². The summed E-state index contributed by atoms with van der Waals surface area (Å²) < 4.78 is 0. The van der Waals surface area contributed by atoms with Gasteiger partial charge in [-0.2, -0.15) is 0 Å². The second-order valence-corrected chi connectivity index (χ2v) is 7.65. The number of nitrogens with one attached hydrogen (secondary N) is 2. The molecule has 0 unspecified atom stereocenters. The summed E-state index contributed by atoms with van der Waals surface area (Å²) in [5.74, 6) is -1.13. The summed E-state index contributed by atoms with van der Waals surface area (Å²) in [5.41, 5.74) is -0.490. The van der Waals surface area contributed by atoms with Gasteiger partial charge in [0.2, 0.25) is 5.91 Å². The zero-order chi connectivity index (χ0) is 18.6. The van der Waals surface area contributed by atoms with Crippen molar-refractivity contribution in [2.45, 2.75) is 82.3 Å². The Labute approximate surface area is 147 Å². The van der Waals surface area contributed by atoms with Crippen molar-refractivity contribution >= 4 is 11.9 Å². The van der Waals surface area contributed by atoms with Gasteiger partial charge < -0.3 is 31.1 Å². The van der Waals surface area contributed by atoms with Gasteiger partial charge in [-0.1, -0.05) is 19.3 Å². The predicted molar refractivity (Wildman–Crippen MR) is 89.8 cm³/mol. The van der Waals surface area contributed by atoms with Crippen LogP contribution in [0.3, 0.4) is 0 Å². The molecule has 0 spiro atoms. The van der Waals surface area contributed by atoms with Gasteiger partial charge in [-0.15, -0.1) is 0 Å². The second-order valence-electron chi connectivity index (χ2n) is 7.65. The minimum absolute atomic E-state index is 0.00728. The van der Waals surface area contributed by atoms with E-state index >= 15 is 0 Å². The van der Waals surface area contributed by atoms with Gasteiger partial charge in [0, 0.05) is 19.0 Å². The van der Waals surface area contributed by atoms with Gasteiger partial charge in [-0.25, -0.2) is 0 Å². The predicted octanol–water partition coefficient (Wildman–Crippen LogP) is -0.639. The normalized spacial score (nSPS) is 35.1. The molecular weight excluding hydrogens is 328 g/mol. The number of rotatable bonds is 6. The molecule has 1 aliphatic heterocycles. The number of aliphatic hydroxyl groups is 3. The zero-order valence-corrected chi connectivity index (χ0v) is 14.6. The van der Waals surface area contributed by atoms with Gasteiger partial charge in [0.25, 0.3) is 0 Å². The molecule has 1 saturated heterocycles. The Bertz CT molecular complexity index is 480. The highest BCUT2D eigenvalue weighted by atomic mass is 16.4. The summed E-state index contributed by atoms with van der Waals surface area (Å²) in [7, 11) is 0. The number of carboxylic acid groups (broad SMARTS) is 1. The summed E-state index contributed by atoms with van der Waals surface area (Å²) >= 11 is 0. The molecule has 8 heteroatoms. The van der Waals surface area contributed by atoms with Crippen molar-refractivity contribution in [1.29, 1.82) is 0 Å². The van der Waals surface area contributed by atoms with Crippen molar-refractivity contribution < 1.29 is 30.0 Å². The third-order valence-corrected chi connectivity index (χ3v) is 5.60. The van der Waals surface area contributed by atoms with Crippen LogP contribution < -0.4 is 10.6 Å². The van der Waals surface area contributed by atoms with Crippen LogP contribution in [-0.4, -0.2) is 69.2 Å². The van der Waals surface area contributed by atoms with Crippen molar-refractivity contribution in [3.63, 3.8) is 0 Å². The van der Waals surface area contributed by atoms with Crippen molar-refractivity contribution in [2.24, 2.45) is 5.41 Å². The van der Waals surface area contributed by atoms with Crippen molar-refractivity contribution in [3.05, 3.63) is 0 Å². The minimum Gasteiger partial charge on any atom is -0.481 e. The van der Waals surface area contributed by atoms with E-state index in [0.29, 0.717) is 0 Å². The standard InChI is InChI=1S/C17H30N2O6/c1-10-14(23)16(25)15(24)11(19-10)9-18-12(20)7-17(8-13(21)22)5-3-2-4-6-17/h10-11,14-16,19,23-25H,2-9H2,1H3,(H,18,20)(H,21,22)/t10-,11+,14+,15+,16+/m0/s1. The SMILES string of the molecule is C[C@@H]1N[C@H](CNC(=O)CC2(CC(=O)O)CCCCC2)[C@@H](O)[C@H](O)[C@@H]1O. The van der Waals surface area contributed by atoms with E-state index in [1.807, 2.05) is 0 Å². The maximum absolute atomic E-state index is 12.3. The third kappa shape index (κ3) is 5.13. The Morgan fingerprint density at radius 3 is 2.28 bits per heavy atom. The fourth-order valence-electron chi connectivity index (χ4n) is 4.12. The maximum atomic E-state index is 12.3. The van der Waals surface area contributed by atoms with E-state index in [-0.39, 0.29) is 25.3 Å². The van der Waals surface area contributed by atoms with E-state index in [1.165, 1.54) is 0 Å². The highest BCUT2D eigenvalue weighted by molar-refractivity contribution is 5.78. The molecule has 2 aliphatic rings. The van der Waals surface area contributed by atoms with Crippen LogP contribution in [-0.2, 0) is 9.59 Å². The smallest absolute Gasteiger partial charge is 0.303 e. The lowest BCUT2D eigenvalue weighted by atomic mass is 9.69. The summed E-state index contributed by atoms with van der Waals surface area (Å²) in [4.78, 5) is 23.5. The molecule has 8 nitrogen and oxygen atoms in total. The summed E-state index contributed by atoms with van der Waals surface area (Å²) in [6.07, 6.45) is 1.04. The van der Waals surface area contributed by atoms with Crippen LogP contribution in [0.1, 0.15) is 51.9 Å². The lowest BCUT2D eigenvalue weighted by Crippen LogP contribution is -2.66. The first-order valence-corrected chi connectivity index (χ1v) is 9.03. The molecule has 5 atom stereocenters. The highest BCUT2D eigenvalue weighted by Crippen LogP contribution is 2.42. The van der Waals surface area contributed by atoms with Gasteiger partial charge >= 0.3 is 5.97 Å². The van der Waals surface area contributed by atoms with Gasteiger partial charge in [0.1, 0.15) is 6.10 Å². The lowest BCUT2D eigenvalue weighted by Gasteiger charge is -2.40. The zero-order valence-electron chi connectivity index (χ0n) is 14.6. The van der Waals surface area contributed by atoms with Crippen molar-refractivity contribution in [3.8, 4) is 0 Å². The minimum atomic E-state index is -1.27. The Morgan fingerprint density at radius 2 is 1.68 bits per heavy atom. The number of piperidine rings is 1. The average molecular weight is 358 g/mol. The Balaban J connectivity index is 1.89. The van der Waals surface area contributed by atoms with Crippen LogP contribution in [0.15, 0.2) is 0 Å². The molecule has 2 fully saturated rings. The number of amides is 1. The van der Waals surface area contributed by atoms with E-state index < -0.39 is 41.8 Å². The summed E-state index contributed by atoms with van der Waals surface area (Å²) in [6.45, 7) is 1.80. The fourth-order valence-corrected chi connectivity index (χ4v) is 4.12. The molecule has 0 aromatic heterocycles. The van der Waals surface area contributed by atoms with Gasteiger partial charge in [0.05, 0.1) is 24.7 Å². The largest absolute Gasteiger partial charge is 0.481 e. The number of carbonyl (C=O) groups is 2. The van der Waals surface area contributed by atoms with E-state index in [9.17, 15) is 24.9 Å². The molecule has 0 radical (unpaired) electrons. The molecule has 1 aliphatic carbocycles. The molecule has 0 aromatic carbocycles. The molecule has 144 valence electrons. The van der Waals surface area contributed by atoms with Crippen LogP contribution in [0.2, 0.25) is 0 Å². The molecule has 1 heterocycles. The fraction of sp³-hybridized carbons (Fsp3) is 0.882. The van der Waals surface area contributed by atoms with E-state index in [1.54, 1.807) is 6.92 Å². The topological polar surface area (TPSA) is 139 Å². The number of hydrogen-bond acceptors (Lipinski definition) is 6. The summed E-state index contributed by atoms with van der Waals surface area (Å²) in [5, 5.41) is 44.5. The molecule has 0 bridgehead atoms. The van der Waals surface area contributed by atoms with Crippen LogP contribution in [0.25, 0.3) is 0 Å². The van der Waals surface area contributed by atoms with Crippen LogP contribution in [0.4, 0.5) is 0 Å². The van der Waals surface area contributed by atoms with Crippen LogP contribution in [0.5, 0.6) is 0 Å². The number of carbonyl (C=O) groups excluding carboxylic acids is 1. The number of aliphatic hydroxyl groups excluding tert-OH is 3. The van der Waals surface area contributed by atoms with Crippen molar-refractivity contribution in [1.82, 2.24) is 10.6 Å². The van der Waals surface area contributed by atoms with Crippen LogP contribution in [0, 0.1) is 5.41 Å². The quantitative estimate of drug-likeness (QED) is 0.371. The van der Waals surface area contributed by atoms with Crippen molar-refractivity contribution in [2.75, 3.05) is 6.54 Å². The Kier molecular flexibility index (Phi) is 6.79. The molecule has 0 aromatic rings. The first-order chi connectivity index (χ1) is 11.7. The first-order valence-electron chi connectivity index (χ1n) is 9.03. The van der Waals surface area contributed by atoms with E-state index in [4.69, 9.17) is 5.11 Å². The summed E-state index contributed by atoms with van der Waals surface area (Å²) in [6, 6.07) is -0.976. The molecule has 1 amide bonds.